The molecule has 1 rings (SSSR count). The monoisotopic (exact) mass is 279 g/mol. The Morgan fingerprint density at radius 2 is 1.70 bits per heavy atom. The zero-order valence-electron chi connectivity index (χ0n) is 11.9. The number of nitro benzene ring substituents is 1. The van der Waals surface area contributed by atoms with Gasteiger partial charge in [0, 0.05) is 17.7 Å². The number of esters is 1. The molecule has 6 heteroatoms. The lowest BCUT2D eigenvalue weighted by Gasteiger charge is -2.21. The van der Waals surface area contributed by atoms with Gasteiger partial charge in [0.25, 0.3) is 5.69 Å². The number of carbonyl (C=O) groups excluding carboxylic acids is 2. The zero-order valence-corrected chi connectivity index (χ0v) is 11.9. The van der Waals surface area contributed by atoms with Crippen LogP contribution in [0.5, 0.6) is 0 Å². The van der Waals surface area contributed by atoms with E-state index >= 15 is 0 Å². The number of non-ortho nitro benzene ring substituents is 1. The van der Waals surface area contributed by atoms with Crippen molar-refractivity contribution in [3.8, 4) is 0 Å². The maximum Gasteiger partial charge on any atom is 0.312 e. The predicted molar refractivity (Wildman–Crippen MR) is 72.1 cm³/mol. The summed E-state index contributed by atoms with van der Waals surface area (Å²) < 4.78 is 5.20. The largest absolute Gasteiger partial charge is 0.449 e. The van der Waals surface area contributed by atoms with Crippen LogP contribution in [0.15, 0.2) is 24.3 Å². The molecule has 1 aromatic rings. The van der Waals surface area contributed by atoms with Crippen molar-refractivity contribution in [2.45, 2.75) is 33.8 Å². The summed E-state index contributed by atoms with van der Waals surface area (Å²) in [4.78, 5) is 33.5. The Labute approximate surface area is 116 Å². The van der Waals surface area contributed by atoms with Crippen LogP contribution in [0.3, 0.4) is 0 Å². The summed E-state index contributed by atoms with van der Waals surface area (Å²) >= 11 is 0. The molecule has 0 N–H and O–H groups in total. The summed E-state index contributed by atoms with van der Waals surface area (Å²) in [5.74, 6) is -0.840. The second kappa shape index (κ2) is 5.81. The van der Waals surface area contributed by atoms with E-state index < -0.39 is 22.4 Å². The molecule has 1 atom stereocenters. The number of hydrogen-bond donors (Lipinski definition) is 0. The SMILES string of the molecule is CC(=O)C(OC(=O)C(C)(C)C)c1ccc([N+](=O)[O-])cc1. The summed E-state index contributed by atoms with van der Waals surface area (Å²) in [7, 11) is 0. The lowest BCUT2D eigenvalue weighted by Crippen LogP contribution is -2.27. The molecule has 1 unspecified atom stereocenters. The van der Waals surface area contributed by atoms with Crippen molar-refractivity contribution in [2.75, 3.05) is 0 Å². The van der Waals surface area contributed by atoms with Crippen LogP contribution in [0, 0.1) is 15.5 Å². The number of ketones is 1. The van der Waals surface area contributed by atoms with Gasteiger partial charge in [0.15, 0.2) is 11.9 Å². The number of ether oxygens (including phenoxy) is 1. The standard InChI is InChI=1S/C14H17NO5/c1-9(16)12(20-13(17)14(2,3)4)10-5-7-11(8-6-10)15(18)19/h5-8,12H,1-4H3. The van der Waals surface area contributed by atoms with Crippen molar-refractivity contribution >= 4 is 17.4 Å². The molecule has 0 radical (unpaired) electrons. The van der Waals surface area contributed by atoms with Crippen molar-refractivity contribution in [2.24, 2.45) is 5.41 Å². The lowest BCUT2D eigenvalue weighted by atomic mass is 9.97. The van der Waals surface area contributed by atoms with Crippen molar-refractivity contribution < 1.29 is 19.2 Å². The first-order valence-corrected chi connectivity index (χ1v) is 6.09. The smallest absolute Gasteiger partial charge is 0.312 e. The molecule has 0 spiro atoms. The van der Waals surface area contributed by atoms with Crippen LogP contribution in [-0.2, 0) is 14.3 Å². The number of nitrogens with zero attached hydrogens (tertiary/aromatic N) is 1. The van der Waals surface area contributed by atoms with Crippen LogP contribution in [0.25, 0.3) is 0 Å². The average molecular weight is 279 g/mol. The van der Waals surface area contributed by atoms with Gasteiger partial charge >= 0.3 is 5.97 Å². The van der Waals surface area contributed by atoms with E-state index in [2.05, 4.69) is 0 Å². The maximum atomic E-state index is 11.8. The predicted octanol–water partition coefficient (Wildman–Crippen LogP) is 2.81. The molecular weight excluding hydrogens is 262 g/mol. The van der Waals surface area contributed by atoms with Gasteiger partial charge in [-0.15, -0.1) is 0 Å². The van der Waals surface area contributed by atoms with Crippen LogP contribution >= 0.6 is 0 Å². The van der Waals surface area contributed by atoms with Gasteiger partial charge < -0.3 is 4.74 Å². The third-order valence-corrected chi connectivity index (χ3v) is 2.61. The van der Waals surface area contributed by atoms with Gasteiger partial charge in [-0.25, -0.2) is 0 Å². The highest BCUT2D eigenvalue weighted by Crippen LogP contribution is 2.25. The van der Waals surface area contributed by atoms with Crippen molar-refractivity contribution in [3.05, 3.63) is 39.9 Å². The lowest BCUT2D eigenvalue weighted by molar-refractivity contribution is -0.384. The molecule has 0 saturated carbocycles. The summed E-state index contributed by atoms with van der Waals surface area (Å²) in [6, 6.07) is 5.38. The Morgan fingerprint density at radius 1 is 1.20 bits per heavy atom. The molecule has 0 heterocycles. The highest BCUT2D eigenvalue weighted by Gasteiger charge is 2.29. The number of rotatable bonds is 4. The third-order valence-electron chi connectivity index (χ3n) is 2.61. The third kappa shape index (κ3) is 3.88. The first kappa shape index (κ1) is 15.8. The van der Waals surface area contributed by atoms with Crippen LogP contribution < -0.4 is 0 Å². The van der Waals surface area contributed by atoms with Gasteiger partial charge in [0.05, 0.1) is 10.3 Å². The molecule has 0 aliphatic rings. The molecule has 6 nitrogen and oxygen atoms in total. The van der Waals surface area contributed by atoms with E-state index in [9.17, 15) is 19.7 Å². The Morgan fingerprint density at radius 3 is 2.05 bits per heavy atom. The number of Topliss-reactive ketones (excluding diaryl/α,β-unsaturated/α-hetero) is 1. The van der Waals surface area contributed by atoms with Gasteiger partial charge in [-0.2, -0.15) is 0 Å². The fourth-order valence-corrected chi connectivity index (χ4v) is 1.44. The fourth-order valence-electron chi connectivity index (χ4n) is 1.44. The minimum absolute atomic E-state index is 0.0850. The van der Waals surface area contributed by atoms with Gasteiger partial charge in [0.1, 0.15) is 0 Å². The van der Waals surface area contributed by atoms with Gasteiger partial charge in [-0.05, 0) is 39.8 Å². The highest BCUT2D eigenvalue weighted by atomic mass is 16.6. The van der Waals surface area contributed by atoms with E-state index in [0.717, 1.165) is 0 Å². The van der Waals surface area contributed by atoms with Gasteiger partial charge in [-0.1, -0.05) is 0 Å². The second-order valence-corrected chi connectivity index (χ2v) is 5.49. The number of nitro groups is 1. The van der Waals surface area contributed by atoms with Crippen LogP contribution in [-0.4, -0.2) is 16.7 Å². The Hall–Kier alpha value is -2.24. The van der Waals surface area contributed by atoms with Crippen LogP contribution in [0.2, 0.25) is 0 Å². The molecule has 0 bridgehead atoms. The van der Waals surface area contributed by atoms with Crippen LogP contribution in [0.1, 0.15) is 39.4 Å². The van der Waals surface area contributed by atoms with E-state index in [4.69, 9.17) is 4.74 Å². The van der Waals surface area contributed by atoms with E-state index in [1.165, 1.54) is 31.2 Å². The molecule has 0 fully saturated rings. The van der Waals surface area contributed by atoms with Crippen molar-refractivity contribution in [3.63, 3.8) is 0 Å². The topological polar surface area (TPSA) is 86.5 Å². The molecule has 0 amide bonds. The molecule has 20 heavy (non-hydrogen) atoms. The molecule has 0 saturated heterocycles. The van der Waals surface area contributed by atoms with Gasteiger partial charge in [-0.3, -0.25) is 19.7 Å². The molecule has 0 aliphatic heterocycles. The first-order valence-electron chi connectivity index (χ1n) is 6.09. The summed E-state index contributed by atoms with van der Waals surface area (Å²) in [5, 5.41) is 10.6. The van der Waals surface area contributed by atoms with E-state index in [1.54, 1.807) is 20.8 Å². The summed E-state index contributed by atoms with van der Waals surface area (Å²) in [6.07, 6.45) is -1.04. The zero-order chi connectivity index (χ0) is 15.5. The second-order valence-electron chi connectivity index (χ2n) is 5.49. The highest BCUT2D eigenvalue weighted by molar-refractivity contribution is 5.86. The van der Waals surface area contributed by atoms with Crippen LogP contribution in [0.4, 0.5) is 5.69 Å². The molecule has 108 valence electrons. The maximum absolute atomic E-state index is 11.8. The van der Waals surface area contributed by atoms with Gasteiger partial charge in [0.2, 0.25) is 0 Å². The quantitative estimate of drug-likeness (QED) is 0.480. The Kier molecular flexibility index (Phi) is 4.60. The minimum Gasteiger partial charge on any atom is -0.449 e. The molecule has 1 aromatic carbocycles. The molecular formula is C14H17NO5. The van der Waals surface area contributed by atoms with Crippen molar-refractivity contribution in [1.82, 2.24) is 0 Å². The Bertz CT molecular complexity index is 527. The van der Waals surface area contributed by atoms with Crippen molar-refractivity contribution in [1.29, 1.82) is 0 Å². The normalized spacial score (nSPS) is 12.6. The average Bonchev–Trinajstić information content (AvgIpc) is 2.34. The summed E-state index contributed by atoms with van der Waals surface area (Å²) in [6.45, 7) is 6.36. The van der Waals surface area contributed by atoms with E-state index in [0.29, 0.717) is 5.56 Å². The fraction of sp³-hybridized carbons (Fsp3) is 0.429. The number of carbonyl (C=O) groups is 2. The first-order chi connectivity index (χ1) is 9.12. The van der Waals surface area contributed by atoms with E-state index in [1.807, 2.05) is 0 Å². The Balaban J connectivity index is 3.00. The molecule has 0 aromatic heterocycles. The van der Waals surface area contributed by atoms with E-state index in [-0.39, 0.29) is 11.5 Å². The number of benzene rings is 1. The summed E-state index contributed by atoms with van der Waals surface area (Å²) in [5.41, 5.74) is -0.395. The number of hydrogen-bond acceptors (Lipinski definition) is 5. The minimum atomic E-state index is -1.04. The molecule has 0 aliphatic carbocycles.